The zero-order valence-electron chi connectivity index (χ0n) is 11.9. The van der Waals surface area contributed by atoms with Crippen LogP contribution in [0.3, 0.4) is 0 Å². The van der Waals surface area contributed by atoms with Gasteiger partial charge < -0.3 is 10.6 Å². The Labute approximate surface area is 129 Å². The topological polar surface area (TPSA) is 84.3 Å². The highest BCUT2D eigenvalue weighted by atomic mass is 35.5. The van der Waals surface area contributed by atoms with Crippen LogP contribution in [0.1, 0.15) is 35.2 Å². The Balaban J connectivity index is 0.00000220. The van der Waals surface area contributed by atoms with Gasteiger partial charge in [0.05, 0.1) is 4.92 Å². The Morgan fingerprint density at radius 2 is 2.29 bits per heavy atom. The van der Waals surface area contributed by atoms with Crippen molar-refractivity contribution in [3.8, 4) is 0 Å². The molecule has 0 aromatic heterocycles. The molecule has 0 bridgehead atoms. The minimum atomic E-state index is -0.458. The number of hydrogen-bond acceptors (Lipinski definition) is 4. The van der Waals surface area contributed by atoms with Crippen molar-refractivity contribution in [2.45, 2.75) is 32.2 Å². The van der Waals surface area contributed by atoms with E-state index in [9.17, 15) is 14.9 Å². The van der Waals surface area contributed by atoms with Crippen LogP contribution in [0.5, 0.6) is 0 Å². The van der Waals surface area contributed by atoms with Crippen LogP contribution in [0.25, 0.3) is 0 Å². The molecule has 0 unspecified atom stereocenters. The van der Waals surface area contributed by atoms with Crippen LogP contribution < -0.4 is 10.6 Å². The lowest BCUT2D eigenvalue weighted by Gasteiger charge is -2.11. The minimum absolute atomic E-state index is 0. The number of benzene rings is 1. The van der Waals surface area contributed by atoms with Crippen molar-refractivity contribution in [1.82, 2.24) is 10.6 Å². The molecule has 0 aliphatic carbocycles. The van der Waals surface area contributed by atoms with Crippen molar-refractivity contribution in [3.63, 3.8) is 0 Å². The number of carbonyl (C=O) groups excluding carboxylic acids is 1. The maximum absolute atomic E-state index is 12.0. The summed E-state index contributed by atoms with van der Waals surface area (Å²) < 4.78 is 0. The third kappa shape index (κ3) is 4.68. The lowest BCUT2D eigenvalue weighted by atomic mass is 10.1. The van der Waals surface area contributed by atoms with E-state index < -0.39 is 4.92 Å². The maximum Gasteiger partial charge on any atom is 0.269 e. The van der Waals surface area contributed by atoms with Gasteiger partial charge in [0.15, 0.2) is 0 Å². The van der Waals surface area contributed by atoms with Crippen LogP contribution in [0.15, 0.2) is 18.2 Å². The quantitative estimate of drug-likeness (QED) is 0.644. The first-order chi connectivity index (χ1) is 9.58. The molecule has 116 valence electrons. The van der Waals surface area contributed by atoms with Gasteiger partial charge in [-0.1, -0.05) is 0 Å². The fraction of sp³-hybridized carbons (Fsp3) is 0.500. The van der Waals surface area contributed by atoms with Gasteiger partial charge in [-0.3, -0.25) is 14.9 Å². The number of nitrogens with zero attached hydrogens (tertiary/aromatic N) is 1. The SMILES string of the molecule is Cc1cc([N+](=O)[O-])ccc1C(=O)NCC[C@H]1CCCN1.Cl. The van der Waals surface area contributed by atoms with Gasteiger partial charge in [-0.05, 0) is 44.4 Å². The Morgan fingerprint density at radius 3 is 2.86 bits per heavy atom. The van der Waals surface area contributed by atoms with Crippen molar-refractivity contribution < 1.29 is 9.72 Å². The third-order valence-corrected chi connectivity index (χ3v) is 3.61. The smallest absolute Gasteiger partial charge is 0.269 e. The number of carbonyl (C=O) groups is 1. The predicted molar refractivity (Wildman–Crippen MR) is 83.1 cm³/mol. The number of nitrogens with one attached hydrogen (secondary N) is 2. The van der Waals surface area contributed by atoms with E-state index in [0.29, 0.717) is 23.7 Å². The van der Waals surface area contributed by atoms with Gasteiger partial charge >= 0.3 is 0 Å². The van der Waals surface area contributed by atoms with Crippen LogP contribution >= 0.6 is 12.4 Å². The monoisotopic (exact) mass is 313 g/mol. The Hall–Kier alpha value is -1.66. The summed E-state index contributed by atoms with van der Waals surface area (Å²) in [5.41, 5.74) is 1.12. The highest BCUT2D eigenvalue weighted by Crippen LogP contribution is 2.17. The molecule has 7 heteroatoms. The fourth-order valence-corrected chi connectivity index (χ4v) is 2.47. The van der Waals surface area contributed by atoms with Crippen LogP contribution in [0.2, 0.25) is 0 Å². The number of non-ortho nitro benzene ring substituents is 1. The van der Waals surface area contributed by atoms with Gasteiger partial charge in [-0.25, -0.2) is 0 Å². The van der Waals surface area contributed by atoms with E-state index >= 15 is 0 Å². The van der Waals surface area contributed by atoms with E-state index in [0.717, 1.165) is 19.4 Å². The van der Waals surface area contributed by atoms with Crippen molar-refractivity contribution in [3.05, 3.63) is 39.4 Å². The maximum atomic E-state index is 12.0. The van der Waals surface area contributed by atoms with E-state index in [1.807, 2.05) is 0 Å². The molecule has 1 saturated heterocycles. The summed E-state index contributed by atoms with van der Waals surface area (Å²) in [7, 11) is 0. The number of aryl methyl sites for hydroxylation is 1. The Morgan fingerprint density at radius 1 is 1.52 bits per heavy atom. The lowest BCUT2D eigenvalue weighted by Crippen LogP contribution is -2.30. The largest absolute Gasteiger partial charge is 0.352 e. The fourth-order valence-electron chi connectivity index (χ4n) is 2.47. The third-order valence-electron chi connectivity index (χ3n) is 3.61. The molecule has 2 rings (SSSR count). The van der Waals surface area contributed by atoms with Gasteiger partial charge in [0.25, 0.3) is 11.6 Å². The number of nitro benzene ring substituents is 1. The molecule has 2 N–H and O–H groups in total. The van der Waals surface area contributed by atoms with E-state index in [1.165, 1.54) is 24.6 Å². The zero-order chi connectivity index (χ0) is 14.5. The van der Waals surface area contributed by atoms with Gasteiger partial charge in [0.1, 0.15) is 0 Å². The summed E-state index contributed by atoms with van der Waals surface area (Å²) in [5, 5.41) is 16.9. The molecular weight excluding hydrogens is 294 g/mol. The highest BCUT2D eigenvalue weighted by Gasteiger charge is 2.16. The summed E-state index contributed by atoms with van der Waals surface area (Å²) in [6, 6.07) is 4.79. The summed E-state index contributed by atoms with van der Waals surface area (Å²) in [4.78, 5) is 22.2. The van der Waals surface area contributed by atoms with Crippen LogP contribution in [-0.4, -0.2) is 30.0 Å². The van der Waals surface area contributed by atoms with Crippen molar-refractivity contribution in [1.29, 1.82) is 0 Å². The number of halogens is 1. The van der Waals surface area contributed by atoms with E-state index in [2.05, 4.69) is 10.6 Å². The second-order valence-corrected chi connectivity index (χ2v) is 5.09. The molecule has 6 nitrogen and oxygen atoms in total. The summed E-state index contributed by atoms with van der Waals surface area (Å²) >= 11 is 0. The minimum Gasteiger partial charge on any atom is -0.352 e. The second kappa shape index (κ2) is 7.95. The molecule has 21 heavy (non-hydrogen) atoms. The van der Waals surface area contributed by atoms with E-state index in [1.54, 1.807) is 6.92 Å². The van der Waals surface area contributed by atoms with Crippen molar-refractivity contribution >= 4 is 24.0 Å². The summed E-state index contributed by atoms with van der Waals surface area (Å²) in [6.07, 6.45) is 3.27. The van der Waals surface area contributed by atoms with Gasteiger partial charge in [-0.2, -0.15) is 0 Å². The average Bonchev–Trinajstić information content (AvgIpc) is 2.91. The van der Waals surface area contributed by atoms with Crippen LogP contribution in [-0.2, 0) is 0 Å². The van der Waals surface area contributed by atoms with Gasteiger partial charge in [-0.15, -0.1) is 12.4 Å². The standard InChI is InChI=1S/C14H19N3O3.ClH/c1-10-9-12(17(19)20)4-5-13(10)14(18)16-8-6-11-3-2-7-15-11;/h4-5,9,11,15H,2-3,6-8H2,1H3,(H,16,18);1H/t11-;/m1./s1. The lowest BCUT2D eigenvalue weighted by molar-refractivity contribution is -0.384. The molecule has 0 saturated carbocycles. The molecule has 1 amide bonds. The first kappa shape index (κ1) is 17.4. The van der Waals surface area contributed by atoms with Gasteiger partial charge in [0.2, 0.25) is 0 Å². The number of nitro groups is 1. The molecule has 1 aromatic carbocycles. The Bertz CT molecular complexity index is 516. The molecule has 1 aliphatic heterocycles. The molecule has 0 radical (unpaired) electrons. The normalized spacial score (nSPS) is 17.1. The zero-order valence-corrected chi connectivity index (χ0v) is 12.7. The number of amides is 1. The number of rotatable bonds is 5. The van der Waals surface area contributed by atoms with Crippen molar-refractivity contribution in [2.75, 3.05) is 13.1 Å². The van der Waals surface area contributed by atoms with E-state index in [4.69, 9.17) is 0 Å². The van der Waals surface area contributed by atoms with Crippen molar-refractivity contribution in [2.24, 2.45) is 0 Å². The molecule has 1 aromatic rings. The second-order valence-electron chi connectivity index (χ2n) is 5.09. The predicted octanol–water partition coefficient (Wildman–Crippen LogP) is 2.20. The van der Waals surface area contributed by atoms with Gasteiger partial charge in [0, 0.05) is 30.3 Å². The molecular formula is C14H20ClN3O3. The molecule has 1 atom stereocenters. The van der Waals surface area contributed by atoms with Crippen LogP contribution in [0, 0.1) is 17.0 Å². The average molecular weight is 314 g/mol. The Kier molecular flexibility index (Phi) is 6.58. The number of hydrogen-bond donors (Lipinski definition) is 2. The highest BCUT2D eigenvalue weighted by molar-refractivity contribution is 5.95. The molecule has 1 aliphatic rings. The first-order valence-electron chi connectivity index (χ1n) is 6.84. The summed E-state index contributed by atoms with van der Waals surface area (Å²) in [6.45, 7) is 3.38. The van der Waals surface area contributed by atoms with Crippen LogP contribution in [0.4, 0.5) is 5.69 Å². The molecule has 1 heterocycles. The molecule has 1 fully saturated rings. The first-order valence-corrected chi connectivity index (χ1v) is 6.84. The summed E-state index contributed by atoms with van der Waals surface area (Å²) in [5.74, 6) is -0.171. The molecule has 0 spiro atoms. The van der Waals surface area contributed by atoms with E-state index in [-0.39, 0.29) is 24.0 Å².